The highest BCUT2D eigenvalue weighted by molar-refractivity contribution is 7.92. The Balaban J connectivity index is 2.63. The molecule has 0 aliphatic heterocycles. The van der Waals surface area contributed by atoms with Gasteiger partial charge in [0.05, 0.1) is 15.5 Å². The van der Waals surface area contributed by atoms with Gasteiger partial charge in [-0.15, -0.1) is 0 Å². The fourth-order valence-corrected chi connectivity index (χ4v) is 3.10. The van der Waals surface area contributed by atoms with Crippen LogP contribution in [-0.2, 0) is 9.73 Å². The molecular formula is C12H11N2O3S-. The summed E-state index contributed by atoms with van der Waals surface area (Å²) in [5, 5.41) is 19.6. The van der Waals surface area contributed by atoms with Gasteiger partial charge in [-0.3, -0.25) is 5.21 Å². The zero-order valence-corrected chi connectivity index (χ0v) is 10.1. The lowest BCUT2D eigenvalue weighted by Gasteiger charge is -2.25. The first kappa shape index (κ1) is 12.6. The summed E-state index contributed by atoms with van der Waals surface area (Å²) in [4.78, 5) is 0.285. The van der Waals surface area contributed by atoms with Gasteiger partial charge in [-0.2, -0.15) is 0 Å². The van der Waals surface area contributed by atoms with Crippen LogP contribution in [0.2, 0.25) is 0 Å². The van der Waals surface area contributed by atoms with Crippen LogP contribution >= 0.6 is 0 Å². The Hall–Kier alpha value is -1.89. The highest BCUT2D eigenvalue weighted by Gasteiger charge is 2.17. The van der Waals surface area contributed by atoms with Crippen LogP contribution in [0.1, 0.15) is 0 Å². The predicted octanol–water partition coefficient (Wildman–Crippen LogP) is 2.84. The van der Waals surface area contributed by atoms with Crippen molar-refractivity contribution in [3.8, 4) is 0 Å². The van der Waals surface area contributed by atoms with Crippen LogP contribution in [0.4, 0.5) is 5.69 Å². The highest BCUT2D eigenvalue weighted by atomic mass is 32.2. The number of anilines is 1. The van der Waals surface area contributed by atoms with E-state index < -0.39 is 9.73 Å². The van der Waals surface area contributed by atoms with Crippen molar-refractivity contribution in [1.82, 2.24) is 0 Å². The molecule has 0 heterocycles. The zero-order valence-electron chi connectivity index (χ0n) is 9.32. The lowest BCUT2D eigenvalue weighted by Crippen LogP contribution is -2.12. The zero-order chi connectivity index (χ0) is 13.2. The number of nitrogens with one attached hydrogen (secondary N) is 1. The molecule has 2 aromatic carbocycles. The Kier molecular flexibility index (Phi) is 3.33. The first-order chi connectivity index (χ1) is 8.53. The normalized spacial score (nSPS) is 13.9. The second-order valence-corrected chi connectivity index (χ2v) is 5.63. The minimum Gasteiger partial charge on any atom is -0.733 e. The van der Waals surface area contributed by atoms with E-state index in [1.54, 1.807) is 36.4 Å². The molecule has 0 spiro atoms. The molecule has 0 saturated carbocycles. The first-order valence-corrected chi connectivity index (χ1v) is 6.68. The number of para-hydroxylation sites is 1. The molecule has 1 unspecified atom stereocenters. The van der Waals surface area contributed by atoms with Crippen molar-refractivity contribution < 1.29 is 9.42 Å². The van der Waals surface area contributed by atoms with Gasteiger partial charge in [-0.1, -0.05) is 30.3 Å². The molecule has 0 radical (unpaired) electrons. The van der Waals surface area contributed by atoms with E-state index in [0.717, 1.165) is 0 Å². The van der Waals surface area contributed by atoms with E-state index in [1.807, 2.05) is 0 Å². The Morgan fingerprint density at radius 2 is 1.61 bits per heavy atom. The SMILES string of the molecule is N=S(=O)(c1ccccc1)c1ccccc1N([O-])O. The fraction of sp³-hybridized carbons (Fsp3) is 0. The average Bonchev–Trinajstić information content (AvgIpc) is 2.39. The van der Waals surface area contributed by atoms with E-state index in [4.69, 9.17) is 9.99 Å². The summed E-state index contributed by atoms with van der Waals surface area (Å²) in [5.41, 5.74) is -0.179. The maximum absolute atomic E-state index is 12.5. The molecule has 0 aliphatic rings. The van der Waals surface area contributed by atoms with Crippen LogP contribution in [0.3, 0.4) is 0 Å². The quantitative estimate of drug-likeness (QED) is 0.833. The second-order valence-electron chi connectivity index (χ2n) is 3.61. The number of hydrogen-bond donors (Lipinski definition) is 2. The smallest absolute Gasteiger partial charge is 0.103 e. The summed E-state index contributed by atoms with van der Waals surface area (Å²) in [5.74, 6) is 0. The summed E-state index contributed by atoms with van der Waals surface area (Å²) in [6.45, 7) is 0. The summed E-state index contributed by atoms with van der Waals surface area (Å²) in [6.07, 6.45) is 0. The second kappa shape index (κ2) is 4.77. The third-order valence-electron chi connectivity index (χ3n) is 2.46. The molecule has 18 heavy (non-hydrogen) atoms. The minimum absolute atomic E-state index is 0.00583. The molecule has 1 atom stereocenters. The predicted molar refractivity (Wildman–Crippen MR) is 67.9 cm³/mol. The van der Waals surface area contributed by atoms with Gasteiger partial charge in [0.25, 0.3) is 0 Å². The van der Waals surface area contributed by atoms with Crippen molar-refractivity contribution in [2.45, 2.75) is 9.79 Å². The van der Waals surface area contributed by atoms with Crippen LogP contribution < -0.4 is 5.23 Å². The largest absolute Gasteiger partial charge is 0.733 e. The van der Waals surface area contributed by atoms with E-state index in [1.165, 1.54) is 18.2 Å². The van der Waals surface area contributed by atoms with Gasteiger partial charge in [-0.25, -0.2) is 8.99 Å². The minimum atomic E-state index is -3.32. The van der Waals surface area contributed by atoms with Crippen molar-refractivity contribution in [3.05, 3.63) is 59.8 Å². The summed E-state index contributed by atoms with van der Waals surface area (Å²) >= 11 is 0. The molecule has 0 aliphatic carbocycles. The molecule has 2 N–H and O–H groups in total. The van der Waals surface area contributed by atoms with Gasteiger partial charge in [0.2, 0.25) is 0 Å². The van der Waals surface area contributed by atoms with Gasteiger partial charge in [-0.05, 0) is 24.3 Å². The molecule has 0 fully saturated rings. The van der Waals surface area contributed by atoms with Crippen LogP contribution in [0.25, 0.3) is 0 Å². The average molecular weight is 263 g/mol. The van der Waals surface area contributed by atoms with Gasteiger partial charge in [0, 0.05) is 0 Å². The number of rotatable bonds is 3. The Morgan fingerprint density at radius 1 is 1.06 bits per heavy atom. The van der Waals surface area contributed by atoms with Gasteiger partial charge >= 0.3 is 0 Å². The third-order valence-corrected chi connectivity index (χ3v) is 4.36. The first-order valence-electron chi connectivity index (χ1n) is 5.12. The van der Waals surface area contributed by atoms with Gasteiger partial charge in [0.15, 0.2) is 0 Å². The maximum atomic E-state index is 12.5. The summed E-state index contributed by atoms with van der Waals surface area (Å²) in [6, 6.07) is 14.0. The van der Waals surface area contributed by atoms with Crippen molar-refractivity contribution in [3.63, 3.8) is 0 Å². The molecule has 6 heteroatoms. The maximum Gasteiger partial charge on any atom is 0.103 e. The standard InChI is InChI=1S/C12H11N2O3S/c13-18(17,10-6-2-1-3-7-10)12-9-5-4-8-11(12)14(15)16/h1-9,13,15H/q-1. The molecule has 5 nitrogen and oxygen atoms in total. The molecule has 2 aromatic rings. The molecular weight excluding hydrogens is 252 g/mol. The Morgan fingerprint density at radius 3 is 2.22 bits per heavy atom. The Labute approximate surface area is 105 Å². The third kappa shape index (κ3) is 2.21. The topological polar surface area (TPSA) is 87.5 Å². The van der Waals surface area contributed by atoms with Crippen LogP contribution in [0.5, 0.6) is 0 Å². The van der Waals surface area contributed by atoms with Gasteiger partial charge in [0.1, 0.15) is 9.73 Å². The molecule has 0 saturated heterocycles. The molecule has 2 rings (SSSR count). The fourth-order valence-electron chi connectivity index (χ4n) is 1.60. The molecule has 94 valence electrons. The van der Waals surface area contributed by atoms with E-state index in [2.05, 4.69) is 0 Å². The number of nitrogens with zero attached hydrogens (tertiary/aromatic N) is 1. The van der Waals surface area contributed by atoms with Crippen LogP contribution in [-0.4, -0.2) is 9.42 Å². The van der Waals surface area contributed by atoms with E-state index >= 15 is 0 Å². The highest BCUT2D eigenvalue weighted by Crippen LogP contribution is 2.29. The number of hydrogen-bond acceptors (Lipinski definition) is 5. The monoisotopic (exact) mass is 263 g/mol. The van der Waals surface area contributed by atoms with Crippen LogP contribution in [0.15, 0.2) is 64.4 Å². The lowest BCUT2D eigenvalue weighted by molar-refractivity contribution is 0.294. The van der Waals surface area contributed by atoms with Crippen molar-refractivity contribution >= 4 is 15.4 Å². The Bertz CT molecular complexity index is 639. The van der Waals surface area contributed by atoms with E-state index in [0.29, 0.717) is 4.90 Å². The van der Waals surface area contributed by atoms with Gasteiger partial charge < -0.3 is 10.4 Å². The van der Waals surface area contributed by atoms with Crippen molar-refractivity contribution in [2.75, 3.05) is 5.23 Å². The van der Waals surface area contributed by atoms with E-state index in [9.17, 15) is 9.42 Å². The summed E-state index contributed by atoms with van der Waals surface area (Å²) in [7, 11) is -3.32. The van der Waals surface area contributed by atoms with Crippen LogP contribution in [0, 0.1) is 9.99 Å². The molecule has 0 bridgehead atoms. The van der Waals surface area contributed by atoms with Crippen molar-refractivity contribution in [1.29, 1.82) is 4.78 Å². The number of benzene rings is 2. The van der Waals surface area contributed by atoms with Crippen molar-refractivity contribution in [2.24, 2.45) is 0 Å². The molecule has 0 amide bonds. The lowest BCUT2D eigenvalue weighted by atomic mass is 10.3. The van der Waals surface area contributed by atoms with E-state index in [-0.39, 0.29) is 15.8 Å². The summed E-state index contributed by atoms with van der Waals surface area (Å²) < 4.78 is 20.5. The molecule has 0 aromatic heterocycles.